The molecule has 0 amide bonds. The van der Waals surface area contributed by atoms with E-state index in [-0.39, 0.29) is 16.0 Å². The van der Waals surface area contributed by atoms with Crippen molar-refractivity contribution in [1.82, 2.24) is 0 Å². The molecule has 1 saturated carbocycles. The number of nitrogens with one attached hydrogen (secondary N) is 1. The second-order valence-corrected chi connectivity index (χ2v) is 6.41. The van der Waals surface area contributed by atoms with Crippen LogP contribution in [0.15, 0.2) is 22.7 Å². The molecule has 2 rings (SSSR count). The van der Waals surface area contributed by atoms with Gasteiger partial charge in [-0.2, -0.15) is 0 Å². The van der Waals surface area contributed by atoms with Crippen LogP contribution >= 0.6 is 15.9 Å². The molecule has 1 N–H and O–H groups in total. The Morgan fingerprint density at radius 1 is 1.50 bits per heavy atom. The van der Waals surface area contributed by atoms with Gasteiger partial charge in [0.2, 0.25) is 0 Å². The monoisotopic (exact) mass is 312 g/mol. The minimum Gasteiger partial charge on any atom is -0.376 e. The minimum absolute atomic E-state index is 0.132. The SMILES string of the molecule is CC1(C)CCCC1Nc1ccc(Br)cc1[N+](=O)[O-]. The van der Waals surface area contributed by atoms with Gasteiger partial charge < -0.3 is 5.32 Å². The van der Waals surface area contributed by atoms with Gasteiger partial charge in [0, 0.05) is 16.6 Å². The highest BCUT2D eigenvalue weighted by Gasteiger charge is 2.35. The molecule has 0 aromatic heterocycles. The minimum atomic E-state index is -0.338. The van der Waals surface area contributed by atoms with E-state index in [2.05, 4.69) is 35.1 Å². The zero-order valence-corrected chi connectivity index (χ0v) is 12.2. The van der Waals surface area contributed by atoms with E-state index in [1.165, 1.54) is 6.42 Å². The largest absolute Gasteiger partial charge is 0.376 e. The smallest absolute Gasteiger partial charge is 0.293 e. The number of hydrogen-bond donors (Lipinski definition) is 1. The Morgan fingerprint density at radius 2 is 2.22 bits per heavy atom. The molecule has 1 aromatic rings. The lowest BCUT2D eigenvalue weighted by atomic mass is 9.87. The summed E-state index contributed by atoms with van der Waals surface area (Å²) in [4.78, 5) is 10.7. The van der Waals surface area contributed by atoms with Crippen molar-refractivity contribution in [2.24, 2.45) is 5.41 Å². The summed E-state index contributed by atoms with van der Waals surface area (Å²) < 4.78 is 0.727. The van der Waals surface area contributed by atoms with E-state index < -0.39 is 0 Å². The molecular formula is C13H17BrN2O2. The summed E-state index contributed by atoms with van der Waals surface area (Å²) in [6, 6.07) is 5.45. The van der Waals surface area contributed by atoms with Gasteiger partial charge in [0.15, 0.2) is 0 Å². The number of anilines is 1. The number of nitro benzene ring substituents is 1. The second kappa shape index (κ2) is 4.88. The zero-order valence-electron chi connectivity index (χ0n) is 10.6. The van der Waals surface area contributed by atoms with E-state index in [0.29, 0.717) is 11.7 Å². The van der Waals surface area contributed by atoms with Gasteiger partial charge in [0.05, 0.1) is 4.92 Å². The molecule has 1 unspecified atom stereocenters. The summed E-state index contributed by atoms with van der Waals surface area (Å²) in [5.74, 6) is 0. The van der Waals surface area contributed by atoms with Crippen LogP contribution < -0.4 is 5.32 Å². The Balaban J connectivity index is 2.26. The van der Waals surface area contributed by atoms with Gasteiger partial charge >= 0.3 is 0 Å². The summed E-state index contributed by atoms with van der Waals surface area (Å²) in [5, 5.41) is 14.4. The highest BCUT2D eigenvalue weighted by Crippen LogP contribution is 2.40. The summed E-state index contributed by atoms with van der Waals surface area (Å²) in [6.07, 6.45) is 3.41. The van der Waals surface area contributed by atoms with Gasteiger partial charge in [-0.3, -0.25) is 10.1 Å². The first-order valence-corrected chi connectivity index (χ1v) is 6.90. The lowest BCUT2D eigenvalue weighted by Gasteiger charge is -2.28. The summed E-state index contributed by atoms with van der Waals surface area (Å²) in [7, 11) is 0. The van der Waals surface area contributed by atoms with Gasteiger partial charge in [-0.15, -0.1) is 0 Å². The van der Waals surface area contributed by atoms with E-state index in [0.717, 1.165) is 17.3 Å². The zero-order chi connectivity index (χ0) is 13.3. The number of hydrogen-bond acceptors (Lipinski definition) is 3. The van der Waals surface area contributed by atoms with Crippen molar-refractivity contribution in [2.75, 3.05) is 5.32 Å². The van der Waals surface area contributed by atoms with Crippen LogP contribution in [0.3, 0.4) is 0 Å². The second-order valence-electron chi connectivity index (χ2n) is 5.50. The first kappa shape index (κ1) is 13.3. The number of nitrogens with zero attached hydrogens (tertiary/aromatic N) is 1. The van der Waals surface area contributed by atoms with Gasteiger partial charge in [-0.1, -0.05) is 36.2 Å². The van der Waals surface area contributed by atoms with Crippen LogP contribution in [-0.4, -0.2) is 11.0 Å². The van der Waals surface area contributed by atoms with Crippen LogP contribution in [0.2, 0.25) is 0 Å². The third-order valence-corrected chi connectivity index (χ3v) is 4.24. The Hall–Kier alpha value is -1.10. The standard InChI is InChI=1S/C13H17BrN2O2/c1-13(2)7-3-4-12(13)15-10-6-5-9(14)8-11(10)16(17)18/h5-6,8,12,15H,3-4,7H2,1-2H3. The Bertz CT molecular complexity index is 474. The third-order valence-electron chi connectivity index (χ3n) is 3.74. The molecule has 1 aliphatic rings. The van der Waals surface area contributed by atoms with E-state index in [9.17, 15) is 10.1 Å². The molecule has 0 saturated heterocycles. The molecule has 0 spiro atoms. The third kappa shape index (κ3) is 2.66. The predicted octanol–water partition coefficient (Wildman–Crippen LogP) is 4.35. The normalized spacial score (nSPS) is 21.8. The predicted molar refractivity (Wildman–Crippen MR) is 75.8 cm³/mol. The maximum atomic E-state index is 11.1. The van der Waals surface area contributed by atoms with Crippen molar-refractivity contribution in [3.05, 3.63) is 32.8 Å². The average Bonchev–Trinajstić information content (AvgIpc) is 2.60. The lowest BCUT2D eigenvalue weighted by molar-refractivity contribution is -0.384. The average molecular weight is 313 g/mol. The van der Waals surface area contributed by atoms with Gasteiger partial charge in [0.25, 0.3) is 5.69 Å². The van der Waals surface area contributed by atoms with E-state index in [4.69, 9.17) is 0 Å². The van der Waals surface area contributed by atoms with Crippen molar-refractivity contribution in [3.63, 3.8) is 0 Å². The molecule has 1 fully saturated rings. The van der Waals surface area contributed by atoms with Crippen molar-refractivity contribution in [2.45, 2.75) is 39.2 Å². The quantitative estimate of drug-likeness (QED) is 0.667. The Labute approximate surface area is 115 Å². The Morgan fingerprint density at radius 3 is 2.78 bits per heavy atom. The van der Waals surface area contributed by atoms with Crippen LogP contribution in [0.25, 0.3) is 0 Å². The van der Waals surface area contributed by atoms with Crippen molar-refractivity contribution >= 4 is 27.3 Å². The van der Waals surface area contributed by atoms with Crippen molar-refractivity contribution < 1.29 is 4.92 Å². The molecule has 0 radical (unpaired) electrons. The van der Waals surface area contributed by atoms with Crippen LogP contribution in [-0.2, 0) is 0 Å². The van der Waals surface area contributed by atoms with E-state index in [1.54, 1.807) is 12.1 Å². The van der Waals surface area contributed by atoms with Gasteiger partial charge in [0.1, 0.15) is 5.69 Å². The van der Waals surface area contributed by atoms with E-state index >= 15 is 0 Å². The molecule has 1 aliphatic carbocycles. The fraction of sp³-hybridized carbons (Fsp3) is 0.538. The van der Waals surface area contributed by atoms with E-state index in [1.807, 2.05) is 6.07 Å². The molecule has 0 aliphatic heterocycles. The first-order valence-electron chi connectivity index (χ1n) is 6.10. The molecule has 0 bridgehead atoms. The topological polar surface area (TPSA) is 55.2 Å². The molecule has 1 aromatic carbocycles. The lowest BCUT2D eigenvalue weighted by Crippen LogP contribution is -2.31. The molecule has 98 valence electrons. The number of rotatable bonds is 3. The molecule has 4 nitrogen and oxygen atoms in total. The fourth-order valence-electron chi connectivity index (χ4n) is 2.56. The number of halogens is 1. The Kier molecular flexibility index (Phi) is 3.61. The number of benzene rings is 1. The summed E-state index contributed by atoms with van der Waals surface area (Å²) in [5.41, 5.74) is 0.941. The molecular weight excluding hydrogens is 296 g/mol. The molecule has 18 heavy (non-hydrogen) atoms. The maximum Gasteiger partial charge on any atom is 0.293 e. The summed E-state index contributed by atoms with van der Waals surface area (Å²) in [6.45, 7) is 4.42. The highest BCUT2D eigenvalue weighted by molar-refractivity contribution is 9.10. The first-order chi connectivity index (χ1) is 8.40. The van der Waals surface area contributed by atoms with Gasteiger partial charge in [-0.25, -0.2) is 0 Å². The van der Waals surface area contributed by atoms with Crippen LogP contribution in [0.1, 0.15) is 33.1 Å². The maximum absolute atomic E-state index is 11.1. The molecule has 1 atom stereocenters. The highest BCUT2D eigenvalue weighted by atomic mass is 79.9. The van der Waals surface area contributed by atoms with Crippen molar-refractivity contribution in [1.29, 1.82) is 0 Å². The van der Waals surface area contributed by atoms with Crippen LogP contribution in [0.4, 0.5) is 11.4 Å². The van der Waals surface area contributed by atoms with Crippen LogP contribution in [0, 0.1) is 15.5 Å². The van der Waals surface area contributed by atoms with Crippen molar-refractivity contribution in [3.8, 4) is 0 Å². The van der Waals surface area contributed by atoms with Crippen LogP contribution in [0.5, 0.6) is 0 Å². The summed E-state index contributed by atoms with van der Waals surface area (Å²) >= 11 is 3.27. The molecule has 0 heterocycles. The van der Waals surface area contributed by atoms with Gasteiger partial charge in [-0.05, 0) is 30.4 Å². The molecule has 5 heteroatoms. The number of nitro groups is 1. The fourth-order valence-corrected chi connectivity index (χ4v) is 2.91.